The first-order chi connectivity index (χ1) is 12.8. The molecule has 1 aliphatic rings. The van der Waals surface area contributed by atoms with E-state index in [1.54, 1.807) is 0 Å². The molecule has 5 nitrogen and oxygen atoms in total. The van der Waals surface area contributed by atoms with Crippen LogP contribution in [0.1, 0.15) is 30.4 Å². The molecule has 0 spiro atoms. The largest absolute Gasteiger partial charge is 0.357 e. The fourth-order valence-corrected chi connectivity index (χ4v) is 3.18. The van der Waals surface area contributed by atoms with Crippen LogP contribution in [0.25, 0.3) is 0 Å². The Bertz CT molecular complexity index is 758. The number of fused-ring (bicyclic) bond motifs is 1. The molecule has 1 unspecified atom stereocenters. The molecular weight excluding hydrogens is 324 g/mol. The van der Waals surface area contributed by atoms with Crippen LogP contribution in [0.4, 0.5) is 5.69 Å². The Balaban J connectivity index is 1.61. The van der Waals surface area contributed by atoms with E-state index < -0.39 is 0 Å². The Hall–Kier alpha value is -2.82. The predicted molar refractivity (Wildman–Crippen MR) is 107 cm³/mol. The molecule has 26 heavy (non-hydrogen) atoms. The van der Waals surface area contributed by atoms with Gasteiger partial charge in [-0.3, -0.25) is 9.79 Å². The number of carbonyl (C=O) groups excluding carboxylic acids is 1. The number of hydrogen-bond donors (Lipinski definition) is 3. The quantitative estimate of drug-likeness (QED) is 0.554. The van der Waals surface area contributed by atoms with Gasteiger partial charge in [-0.25, -0.2) is 0 Å². The predicted octanol–water partition coefficient (Wildman–Crippen LogP) is 2.91. The molecule has 0 fully saturated rings. The minimum atomic E-state index is 0.0611. The Labute approximate surface area is 154 Å². The fraction of sp³-hybridized carbons (Fsp3) is 0.333. The molecule has 0 saturated heterocycles. The topological polar surface area (TPSA) is 65.5 Å². The molecule has 0 aromatic heterocycles. The summed E-state index contributed by atoms with van der Waals surface area (Å²) < 4.78 is 0. The number of para-hydroxylation sites is 1. The maximum atomic E-state index is 11.9. The first-order valence-corrected chi connectivity index (χ1v) is 9.21. The number of aliphatic imine (C=N–C) groups is 1. The lowest BCUT2D eigenvalue weighted by Crippen LogP contribution is -2.38. The summed E-state index contributed by atoms with van der Waals surface area (Å²) in [6.07, 6.45) is 1.42. The second kappa shape index (κ2) is 9.04. The molecular formula is C21H26N4O. The summed E-state index contributed by atoms with van der Waals surface area (Å²) in [4.78, 5) is 16.7. The maximum absolute atomic E-state index is 11.9. The van der Waals surface area contributed by atoms with Gasteiger partial charge in [-0.1, -0.05) is 48.5 Å². The standard InChI is InChI=1S/C21H26N4O/c1-2-22-21(23-13-12-16-8-4-3-5-9-16)24-15-17-14-20(26)25-19-11-7-6-10-18(17)19/h3-11,17H,2,12-15H2,1H3,(H,25,26)(H2,22,23,24). The zero-order valence-electron chi connectivity index (χ0n) is 15.2. The second-order valence-corrected chi connectivity index (χ2v) is 6.42. The Morgan fingerprint density at radius 2 is 1.88 bits per heavy atom. The third kappa shape index (κ3) is 4.85. The van der Waals surface area contributed by atoms with E-state index in [4.69, 9.17) is 4.99 Å². The summed E-state index contributed by atoms with van der Waals surface area (Å²) in [5, 5.41) is 9.60. The van der Waals surface area contributed by atoms with Crippen LogP contribution in [-0.2, 0) is 11.2 Å². The monoisotopic (exact) mass is 350 g/mol. The van der Waals surface area contributed by atoms with E-state index in [0.717, 1.165) is 36.7 Å². The van der Waals surface area contributed by atoms with Gasteiger partial charge in [0, 0.05) is 31.1 Å². The summed E-state index contributed by atoms with van der Waals surface area (Å²) in [6.45, 7) is 4.26. The number of hydrogen-bond acceptors (Lipinski definition) is 2. The van der Waals surface area contributed by atoms with Crippen LogP contribution in [0.2, 0.25) is 0 Å². The van der Waals surface area contributed by atoms with E-state index >= 15 is 0 Å². The van der Waals surface area contributed by atoms with Gasteiger partial charge in [-0.2, -0.15) is 0 Å². The highest BCUT2D eigenvalue weighted by molar-refractivity contribution is 5.94. The van der Waals surface area contributed by atoms with Crippen molar-refractivity contribution in [2.75, 3.05) is 25.0 Å². The Morgan fingerprint density at radius 1 is 1.12 bits per heavy atom. The second-order valence-electron chi connectivity index (χ2n) is 6.42. The smallest absolute Gasteiger partial charge is 0.225 e. The number of amides is 1. The molecule has 0 aliphatic carbocycles. The van der Waals surface area contributed by atoms with E-state index in [9.17, 15) is 4.79 Å². The lowest BCUT2D eigenvalue weighted by molar-refractivity contribution is -0.116. The molecule has 0 saturated carbocycles. The van der Waals surface area contributed by atoms with Crippen LogP contribution in [0.5, 0.6) is 0 Å². The van der Waals surface area contributed by atoms with Crippen LogP contribution in [-0.4, -0.2) is 31.5 Å². The first-order valence-electron chi connectivity index (χ1n) is 9.21. The summed E-state index contributed by atoms with van der Waals surface area (Å²) in [5.41, 5.74) is 3.37. The number of nitrogens with zero attached hydrogens (tertiary/aromatic N) is 1. The highest BCUT2D eigenvalue weighted by Gasteiger charge is 2.24. The summed E-state index contributed by atoms with van der Waals surface area (Å²) in [5.74, 6) is 0.974. The van der Waals surface area contributed by atoms with Crippen LogP contribution in [0.3, 0.4) is 0 Å². The number of rotatable bonds is 6. The van der Waals surface area contributed by atoms with Crippen molar-refractivity contribution in [3.05, 3.63) is 65.7 Å². The molecule has 1 atom stereocenters. The SMILES string of the molecule is CCNC(=NCC1CC(=O)Nc2ccccc21)NCCc1ccccc1. The highest BCUT2D eigenvalue weighted by atomic mass is 16.1. The van der Waals surface area contributed by atoms with Gasteiger partial charge in [0.1, 0.15) is 0 Å². The molecule has 1 heterocycles. The van der Waals surface area contributed by atoms with E-state index in [1.165, 1.54) is 5.56 Å². The normalized spacial score (nSPS) is 16.6. The summed E-state index contributed by atoms with van der Waals surface area (Å²) in [6, 6.07) is 18.4. The molecule has 3 N–H and O–H groups in total. The van der Waals surface area contributed by atoms with E-state index in [-0.39, 0.29) is 11.8 Å². The number of carbonyl (C=O) groups is 1. The highest BCUT2D eigenvalue weighted by Crippen LogP contribution is 2.31. The number of nitrogens with one attached hydrogen (secondary N) is 3. The molecule has 1 aliphatic heterocycles. The summed E-state index contributed by atoms with van der Waals surface area (Å²) in [7, 11) is 0. The molecule has 136 valence electrons. The van der Waals surface area contributed by atoms with Crippen molar-refractivity contribution in [3.8, 4) is 0 Å². The van der Waals surface area contributed by atoms with Crippen molar-refractivity contribution >= 4 is 17.6 Å². The van der Waals surface area contributed by atoms with Gasteiger partial charge in [-0.15, -0.1) is 0 Å². The van der Waals surface area contributed by atoms with Crippen LogP contribution in [0.15, 0.2) is 59.6 Å². The lowest BCUT2D eigenvalue weighted by Gasteiger charge is -2.24. The van der Waals surface area contributed by atoms with Crippen molar-refractivity contribution in [1.82, 2.24) is 10.6 Å². The third-order valence-corrected chi connectivity index (χ3v) is 4.47. The van der Waals surface area contributed by atoms with Gasteiger partial charge < -0.3 is 16.0 Å². The molecule has 5 heteroatoms. The van der Waals surface area contributed by atoms with E-state index in [2.05, 4.69) is 53.2 Å². The molecule has 0 bridgehead atoms. The number of anilines is 1. The van der Waals surface area contributed by atoms with Crippen molar-refractivity contribution in [2.24, 2.45) is 4.99 Å². The molecule has 0 radical (unpaired) electrons. The molecule has 2 aromatic carbocycles. The van der Waals surface area contributed by atoms with Crippen molar-refractivity contribution in [2.45, 2.75) is 25.7 Å². The minimum Gasteiger partial charge on any atom is -0.357 e. The maximum Gasteiger partial charge on any atom is 0.225 e. The van der Waals surface area contributed by atoms with Crippen LogP contribution < -0.4 is 16.0 Å². The zero-order valence-corrected chi connectivity index (χ0v) is 15.2. The van der Waals surface area contributed by atoms with Gasteiger partial charge in [0.15, 0.2) is 5.96 Å². The van der Waals surface area contributed by atoms with Gasteiger partial charge >= 0.3 is 0 Å². The van der Waals surface area contributed by atoms with Gasteiger partial charge in [0.05, 0.1) is 6.54 Å². The molecule has 1 amide bonds. The van der Waals surface area contributed by atoms with Gasteiger partial charge in [0.25, 0.3) is 0 Å². The molecule has 3 rings (SSSR count). The molecule has 2 aromatic rings. The Kier molecular flexibility index (Phi) is 6.25. The van der Waals surface area contributed by atoms with Gasteiger partial charge in [0.2, 0.25) is 5.91 Å². The average molecular weight is 350 g/mol. The first kappa shape index (κ1) is 18.0. The number of benzene rings is 2. The number of guanidine groups is 1. The van der Waals surface area contributed by atoms with Crippen molar-refractivity contribution in [3.63, 3.8) is 0 Å². The van der Waals surface area contributed by atoms with E-state index in [1.807, 2.05) is 24.3 Å². The third-order valence-electron chi connectivity index (χ3n) is 4.47. The fourth-order valence-electron chi connectivity index (χ4n) is 3.18. The van der Waals surface area contributed by atoms with E-state index in [0.29, 0.717) is 13.0 Å². The lowest BCUT2D eigenvalue weighted by atomic mass is 9.91. The average Bonchev–Trinajstić information content (AvgIpc) is 2.66. The van der Waals surface area contributed by atoms with Gasteiger partial charge in [-0.05, 0) is 30.5 Å². The minimum absolute atomic E-state index is 0.0611. The summed E-state index contributed by atoms with van der Waals surface area (Å²) >= 11 is 0. The van der Waals surface area contributed by atoms with Crippen molar-refractivity contribution < 1.29 is 4.79 Å². The zero-order chi connectivity index (χ0) is 18.2. The van der Waals surface area contributed by atoms with Crippen LogP contribution >= 0.6 is 0 Å². The Morgan fingerprint density at radius 3 is 2.69 bits per heavy atom. The van der Waals surface area contributed by atoms with Crippen molar-refractivity contribution in [1.29, 1.82) is 0 Å². The van der Waals surface area contributed by atoms with Crippen LogP contribution in [0, 0.1) is 0 Å².